The number of aliphatic hydroxyl groups excluding tert-OH is 1. The fourth-order valence-electron chi connectivity index (χ4n) is 4.02. The lowest BCUT2D eigenvalue weighted by Crippen LogP contribution is -2.35. The Bertz CT molecular complexity index is 1210. The van der Waals surface area contributed by atoms with Crippen molar-refractivity contribution in [2.45, 2.75) is 31.5 Å². The molecule has 2 heterocycles. The Morgan fingerprint density at radius 3 is 2.75 bits per heavy atom. The zero-order valence-electron chi connectivity index (χ0n) is 19.7. The van der Waals surface area contributed by atoms with Crippen LogP contribution >= 0.6 is 11.3 Å². The maximum Gasteiger partial charge on any atom is 0.286 e. The first-order valence-electron chi connectivity index (χ1n) is 11.9. The number of hydrogen-bond acceptors (Lipinski definition) is 8. The number of thiophene rings is 1. The van der Waals surface area contributed by atoms with Gasteiger partial charge in [-0.1, -0.05) is 18.2 Å². The molecule has 190 valence electrons. The largest absolute Gasteiger partial charge is 0.459 e. The minimum atomic E-state index is -0.559. The van der Waals surface area contributed by atoms with Crippen molar-refractivity contribution in [2.75, 3.05) is 31.6 Å². The number of benzene rings is 2. The van der Waals surface area contributed by atoms with Gasteiger partial charge in [0.25, 0.3) is 11.6 Å². The summed E-state index contributed by atoms with van der Waals surface area (Å²) in [7, 11) is 0. The van der Waals surface area contributed by atoms with Crippen molar-refractivity contribution in [1.29, 1.82) is 0 Å². The Morgan fingerprint density at radius 2 is 1.97 bits per heavy atom. The van der Waals surface area contributed by atoms with Crippen molar-refractivity contribution in [3.05, 3.63) is 81.4 Å². The minimum absolute atomic E-state index is 0.0244. The van der Waals surface area contributed by atoms with Crippen LogP contribution in [0.25, 0.3) is 10.1 Å². The smallest absolute Gasteiger partial charge is 0.286 e. The van der Waals surface area contributed by atoms with E-state index in [1.165, 1.54) is 16.8 Å². The predicted molar refractivity (Wildman–Crippen MR) is 139 cm³/mol. The van der Waals surface area contributed by atoms with Crippen LogP contribution in [0.5, 0.6) is 0 Å². The van der Waals surface area contributed by atoms with Crippen molar-refractivity contribution in [2.24, 2.45) is 0 Å². The van der Waals surface area contributed by atoms with E-state index in [4.69, 9.17) is 14.6 Å². The molecule has 3 N–H and O–H groups in total. The average Bonchev–Trinajstić information content (AvgIpc) is 3.33. The van der Waals surface area contributed by atoms with Crippen LogP contribution in [0.3, 0.4) is 0 Å². The van der Waals surface area contributed by atoms with Gasteiger partial charge in [-0.05, 0) is 53.4 Å². The molecule has 1 aromatic heterocycles. The SMILES string of the molecule is O=C(NCCNc1ccc([N+](=O)[O-])cc1)C1=C[C@@H](c2csc3ccccc23)C[C@@H](OCCCCO)O1. The second kappa shape index (κ2) is 12.5. The number of carbonyl (C=O) groups excluding carboxylic acids is 1. The van der Waals surface area contributed by atoms with Crippen LogP contribution in [-0.2, 0) is 14.3 Å². The van der Waals surface area contributed by atoms with E-state index >= 15 is 0 Å². The van der Waals surface area contributed by atoms with Crippen molar-refractivity contribution in [3.63, 3.8) is 0 Å². The molecule has 0 radical (unpaired) electrons. The Hall–Kier alpha value is -3.47. The van der Waals surface area contributed by atoms with E-state index in [1.54, 1.807) is 23.5 Å². The number of anilines is 1. The molecule has 36 heavy (non-hydrogen) atoms. The topological polar surface area (TPSA) is 123 Å². The molecule has 0 spiro atoms. The third-order valence-corrected chi connectivity index (χ3v) is 6.85. The molecule has 1 aliphatic heterocycles. The highest BCUT2D eigenvalue weighted by Crippen LogP contribution is 2.38. The maximum absolute atomic E-state index is 12.9. The number of nitrogens with zero attached hydrogens (tertiary/aromatic N) is 1. The van der Waals surface area contributed by atoms with E-state index in [0.29, 0.717) is 39.0 Å². The summed E-state index contributed by atoms with van der Waals surface area (Å²) < 4.78 is 13.0. The fraction of sp³-hybridized carbons (Fsp3) is 0.346. The van der Waals surface area contributed by atoms with Gasteiger partial charge in [0.15, 0.2) is 5.76 Å². The summed E-state index contributed by atoms with van der Waals surface area (Å²) in [5.74, 6) is -0.130. The minimum Gasteiger partial charge on any atom is -0.459 e. The van der Waals surface area contributed by atoms with E-state index in [1.807, 2.05) is 18.2 Å². The molecule has 3 aromatic rings. The van der Waals surface area contributed by atoms with Crippen molar-refractivity contribution < 1.29 is 24.3 Å². The molecule has 2 aromatic carbocycles. The zero-order chi connectivity index (χ0) is 25.3. The summed E-state index contributed by atoms with van der Waals surface area (Å²) in [4.78, 5) is 23.3. The van der Waals surface area contributed by atoms with Gasteiger partial charge in [0.2, 0.25) is 6.29 Å². The van der Waals surface area contributed by atoms with Crippen LogP contribution in [0, 0.1) is 10.1 Å². The molecule has 9 nitrogen and oxygen atoms in total. The number of nitro benzene ring substituents is 1. The molecular weight excluding hydrogens is 482 g/mol. The number of nitrogens with one attached hydrogen (secondary N) is 2. The first-order valence-corrected chi connectivity index (χ1v) is 12.8. The van der Waals surface area contributed by atoms with Gasteiger partial charge >= 0.3 is 0 Å². The zero-order valence-corrected chi connectivity index (χ0v) is 20.5. The lowest BCUT2D eigenvalue weighted by atomic mass is 9.92. The van der Waals surface area contributed by atoms with Gasteiger partial charge in [0, 0.05) is 54.6 Å². The predicted octanol–water partition coefficient (Wildman–Crippen LogP) is 4.54. The molecule has 0 saturated heterocycles. The lowest BCUT2D eigenvalue weighted by Gasteiger charge is -2.29. The highest BCUT2D eigenvalue weighted by atomic mass is 32.1. The molecule has 0 unspecified atom stereocenters. The van der Waals surface area contributed by atoms with Gasteiger partial charge in [0.05, 0.1) is 11.5 Å². The fourth-order valence-corrected chi connectivity index (χ4v) is 5.05. The van der Waals surface area contributed by atoms with Crippen LogP contribution in [0.2, 0.25) is 0 Å². The maximum atomic E-state index is 12.9. The third-order valence-electron chi connectivity index (χ3n) is 5.87. The summed E-state index contributed by atoms with van der Waals surface area (Å²) >= 11 is 1.68. The standard InChI is InChI=1S/C26H29N3O6S/c30-13-3-4-14-34-25-16-18(22-17-36-24-6-2-1-5-21(22)24)15-23(35-25)26(31)28-12-11-27-19-7-9-20(10-8-19)29(32)33/h1-2,5-10,15,17-18,25,27,30H,3-4,11-14,16H2,(H,28,31)/t18-,25+/m1/s1. The molecule has 1 aliphatic rings. The second-order valence-electron chi connectivity index (χ2n) is 8.40. The van der Waals surface area contributed by atoms with E-state index < -0.39 is 11.2 Å². The van der Waals surface area contributed by atoms with E-state index in [-0.39, 0.29) is 29.9 Å². The Labute approximate surface area is 212 Å². The molecule has 2 atom stereocenters. The molecule has 4 rings (SSSR count). The Morgan fingerprint density at radius 1 is 1.17 bits per heavy atom. The van der Waals surface area contributed by atoms with Gasteiger partial charge < -0.3 is 25.2 Å². The Balaban J connectivity index is 1.38. The number of allylic oxidation sites excluding steroid dienone is 1. The molecule has 0 saturated carbocycles. The number of fused-ring (bicyclic) bond motifs is 1. The number of non-ortho nitro benzene ring substituents is 1. The van der Waals surface area contributed by atoms with E-state index in [2.05, 4.69) is 28.1 Å². The molecular formula is C26H29N3O6S. The number of rotatable bonds is 12. The summed E-state index contributed by atoms with van der Waals surface area (Å²) in [6.45, 7) is 1.33. The van der Waals surface area contributed by atoms with Crippen molar-refractivity contribution >= 4 is 38.7 Å². The summed E-state index contributed by atoms with van der Waals surface area (Å²) in [5, 5.41) is 29.1. The normalized spacial score (nSPS) is 17.3. The van der Waals surface area contributed by atoms with Gasteiger partial charge in [0.1, 0.15) is 0 Å². The first kappa shape index (κ1) is 25.6. The van der Waals surface area contributed by atoms with Crippen LogP contribution < -0.4 is 10.6 Å². The third kappa shape index (κ3) is 6.60. The van der Waals surface area contributed by atoms with E-state index in [9.17, 15) is 14.9 Å². The van der Waals surface area contributed by atoms with Crippen molar-refractivity contribution in [1.82, 2.24) is 5.32 Å². The molecule has 10 heteroatoms. The number of carbonyl (C=O) groups is 1. The highest BCUT2D eigenvalue weighted by molar-refractivity contribution is 7.17. The molecule has 0 fully saturated rings. The monoisotopic (exact) mass is 511 g/mol. The average molecular weight is 512 g/mol. The number of unbranched alkanes of at least 4 members (excludes halogenated alkanes) is 1. The first-order chi connectivity index (χ1) is 17.5. The number of hydrogen-bond donors (Lipinski definition) is 3. The van der Waals surface area contributed by atoms with Gasteiger partial charge in [-0.25, -0.2) is 0 Å². The lowest BCUT2D eigenvalue weighted by molar-refractivity contribution is -0.384. The number of aliphatic hydroxyl groups is 1. The number of amides is 1. The van der Waals surface area contributed by atoms with Gasteiger partial charge in [-0.15, -0.1) is 11.3 Å². The van der Waals surface area contributed by atoms with E-state index in [0.717, 1.165) is 16.6 Å². The number of ether oxygens (including phenoxy) is 2. The second-order valence-corrected chi connectivity index (χ2v) is 9.31. The Kier molecular flexibility index (Phi) is 8.88. The number of nitro groups is 1. The molecule has 1 amide bonds. The summed E-state index contributed by atoms with van der Waals surface area (Å²) in [6.07, 6.45) is 3.26. The molecule has 0 aliphatic carbocycles. The van der Waals surface area contributed by atoms with Crippen LogP contribution in [-0.4, -0.2) is 48.5 Å². The summed E-state index contributed by atoms with van der Waals surface area (Å²) in [5.41, 5.74) is 1.90. The van der Waals surface area contributed by atoms with Crippen LogP contribution in [0.1, 0.15) is 30.7 Å². The molecule has 0 bridgehead atoms. The summed E-state index contributed by atoms with van der Waals surface area (Å²) in [6, 6.07) is 14.3. The van der Waals surface area contributed by atoms with Crippen molar-refractivity contribution in [3.8, 4) is 0 Å². The quantitative estimate of drug-likeness (QED) is 0.185. The highest BCUT2D eigenvalue weighted by Gasteiger charge is 2.29. The van der Waals surface area contributed by atoms with Gasteiger partial charge in [-0.2, -0.15) is 0 Å². The van der Waals surface area contributed by atoms with Crippen LogP contribution in [0.15, 0.2) is 65.7 Å². The van der Waals surface area contributed by atoms with Crippen LogP contribution in [0.4, 0.5) is 11.4 Å². The van der Waals surface area contributed by atoms with Gasteiger partial charge in [-0.3, -0.25) is 14.9 Å².